The van der Waals surface area contributed by atoms with Gasteiger partial charge >= 0.3 is 12.3 Å². The molecular weight excluding hydrogens is 456 g/mol. The summed E-state index contributed by atoms with van der Waals surface area (Å²) in [6, 6.07) is 13.1. The van der Waals surface area contributed by atoms with Crippen LogP contribution in [0.2, 0.25) is 0 Å². The summed E-state index contributed by atoms with van der Waals surface area (Å²) in [6.07, 6.45) is 10.2. The molecule has 3 aromatic carbocycles. The largest absolute Gasteiger partial charge is 0.513 e. The van der Waals surface area contributed by atoms with Gasteiger partial charge in [0.15, 0.2) is 5.75 Å². The Balaban J connectivity index is 1.98. The van der Waals surface area contributed by atoms with Gasteiger partial charge in [-0.25, -0.2) is 9.59 Å². The van der Waals surface area contributed by atoms with Gasteiger partial charge in [-0.3, -0.25) is 0 Å². The normalized spacial score (nSPS) is 11.4. The molecule has 190 valence electrons. The predicted molar refractivity (Wildman–Crippen MR) is 143 cm³/mol. The molecule has 6 nitrogen and oxygen atoms in total. The van der Waals surface area contributed by atoms with Crippen molar-refractivity contribution >= 4 is 33.9 Å². The molecule has 0 heterocycles. The van der Waals surface area contributed by atoms with E-state index in [2.05, 4.69) is 0 Å². The first-order valence-electron chi connectivity index (χ1n) is 12.6. The third kappa shape index (κ3) is 6.87. The van der Waals surface area contributed by atoms with Gasteiger partial charge in [-0.15, -0.1) is 0 Å². The van der Waals surface area contributed by atoms with Crippen LogP contribution in [0.25, 0.3) is 21.5 Å². The molecule has 36 heavy (non-hydrogen) atoms. The van der Waals surface area contributed by atoms with E-state index in [0.717, 1.165) is 18.4 Å². The monoisotopic (exact) mass is 490 g/mol. The van der Waals surface area contributed by atoms with Crippen molar-refractivity contribution in [3.05, 3.63) is 72.3 Å². The Morgan fingerprint density at radius 2 is 1.19 bits per heavy atom. The maximum Gasteiger partial charge on any atom is 0.513 e. The van der Waals surface area contributed by atoms with Crippen LogP contribution in [0, 0.1) is 0 Å². The fourth-order valence-electron chi connectivity index (χ4n) is 3.94. The molecule has 0 N–H and O–H groups in total. The molecule has 0 radical (unpaired) electrons. The average Bonchev–Trinajstić information content (AvgIpc) is 2.89. The second-order valence-corrected chi connectivity index (χ2v) is 8.13. The number of ether oxygens (including phenoxy) is 4. The lowest BCUT2D eigenvalue weighted by molar-refractivity contribution is 0.0999. The van der Waals surface area contributed by atoms with Crippen molar-refractivity contribution in [1.82, 2.24) is 0 Å². The Morgan fingerprint density at radius 3 is 1.75 bits per heavy atom. The van der Waals surface area contributed by atoms with E-state index in [4.69, 9.17) is 18.9 Å². The number of carbonyl (C=O) groups excluding carboxylic acids is 2. The van der Waals surface area contributed by atoms with Crippen LogP contribution >= 0.6 is 0 Å². The molecule has 3 aromatic rings. The minimum atomic E-state index is -0.776. The molecule has 0 aliphatic carbocycles. The maximum atomic E-state index is 12.6. The van der Waals surface area contributed by atoms with Crippen molar-refractivity contribution in [3.63, 3.8) is 0 Å². The van der Waals surface area contributed by atoms with Gasteiger partial charge in [0.1, 0.15) is 5.75 Å². The number of carbonyl (C=O) groups is 2. The van der Waals surface area contributed by atoms with Crippen molar-refractivity contribution < 1.29 is 28.5 Å². The first-order chi connectivity index (χ1) is 17.6. The molecule has 0 amide bonds. The molecule has 0 atom stereocenters. The third-order valence-corrected chi connectivity index (χ3v) is 5.60. The van der Waals surface area contributed by atoms with Crippen molar-refractivity contribution in [2.45, 2.75) is 52.9 Å². The van der Waals surface area contributed by atoms with Crippen LogP contribution in [0.3, 0.4) is 0 Å². The second-order valence-electron chi connectivity index (χ2n) is 8.13. The van der Waals surface area contributed by atoms with Crippen LogP contribution in [-0.2, 0) is 15.9 Å². The lowest BCUT2D eigenvalue weighted by Crippen LogP contribution is -2.14. The van der Waals surface area contributed by atoms with E-state index in [1.165, 1.54) is 0 Å². The lowest BCUT2D eigenvalue weighted by atomic mass is 9.96. The van der Waals surface area contributed by atoms with E-state index < -0.39 is 12.3 Å². The summed E-state index contributed by atoms with van der Waals surface area (Å²) < 4.78 is 22.1. The summed E-state index contributed by atoms with van der Waals surface area (Å²) in [6.45, 7) is 6.57. The first-order valence-corrected chi connectivity index (χ1v) is 12.6. The molecule has 0 aliphatic heterocycles. The van der Waals surface area contributed by atoms with Gasteiger partial charge in [0.05, 0.1) is 13.2 Å². The smallest absolute Gasteiger partial charge is 0.434 e. The van der Waals surface area contributed by atoms with Gasteiger partial charge in [-0.1, -0.05) is 87.5 Å². The van der Waals surface area contributed by atoms with Gasteiger partial charge in [0, 0.05) is 21.5 Å². The third-order valence-electron chi connectivity index (χ3n) is 5.60. The summed E-state index contributed by atoms with van der Waals surface area (Å²) >= 11 is 0. The molecule has 3 rings (SSSR count). The van der Waals surface area contributed by atoms with Gasteiger partial charge in [0.2, 0.25) is 0 Å². The number of hydrogen-bond acceptors (Lipinski definition) is 6. The molecule has 6 heteroatoms. The van der Waals surface area contributed by atoms with Crippen LogP contribution < -0.4 is 9.47 Å². The number of allylic oxidation sites excluding steroid dienone is 2. The highest BCUT2D eigenvalue weighted by atomic mass is 16.7. The number of fused-ring (bicyclic) bond motifs is 2. The average molecular weight is 491 g/mol. The standard InChI is InChI=1S/C30H34O6/c1-4-7-9-13-20-33-29(31)35-27-23-17-11-12-18-24(23)28(26-22(6-3)16-15-19-25(26)27)36-30(32)34-21-14-10-8-5-2/h7-12,15-19H,4-6,13-14,20-21H2,1-3H3/b9-7+,10-8+. The van der Waals surface area contributed by atoms with E-state index in [-0.39, 0.29) is 13.2 Å². The summed E-state index contributed by atoms with van der Waals surface area (Å²) in [7, 11) is 0. The summed E-state index contributed by atoms with van der Waals surface area (Å²) in [4.78, 5) is 25.2. The van der Waals surface area contributed by atoms with Crippen LogP contribution in [0.15, 0.2) is 66.8 Å². The highest BCUT2D eigenvalue weighted by molar-refractivity contribution is 6.13. The van der Waals surface area contributed by atoms with E-state index in [0.29, 0.717) is 52.3 Å². The van der Waals surface area contributed by atoms with Crippen molar-refractivity contribution in [2.75, 3.05) is 13.2 Å². The predicted octanol–water partition coefficient (Wildman–Crippen LogP) is 8.30. The fourth-order valence-corrected chi connectivity index (χ4v) is 3.94. The molecule has 0 saturated heterocycles. The van der Waals surface area contributed by atoms with Gasteiger partial charge in [-0.2, -0.15) is 0 Å². The Labute approximate surface area is 212 Å². The van der Waals surface area contributed by atoms with Crippen molar-refractivity contribution in [2.24, 2.45) is 0 Å². The molecule has 0 fully saturated rings. The van der Waals surface area contributed by atoms with Crippen LogP contribution in [-0.4, -0.2) is 25.5 Å². The van der Waals surface area contributed by atoms with Gasteiger partial charge in [-0.05, 0) is 37.7 Å². The van der Waals surface area contributed by atoms with Gasteiger partial charge in [0.25, 0.3) is 0 Å². The molecular formula is C30H34O6. The summed E-state index contributed by atoms with van der Waals surface area (Å²) in [5, 5.41) is 2.64. The Bertz CT molecular complexity index is 1240. The minimum Gasteiger partial charge on any atom is -0.434 e. The maximum absolute atomic E-state index is 12.6. The number of hydrogen-bond donors (Lipinski definition) is 0. The minimum absolute atomic E-state index is 0.228. The van der Waals surface area contributed by atoms with Crippen molar-refractivity contribution in [1.29, 1.82) is 0 Å². The van der Waals surface area contributed by atoms with E-state index >= 15 is 0 Å². The topological polar surface area (TPSA) is 71.1 Å². The Hall–Kier alpha value is -3.80. The SMILES string of the molecule is CC/C=C/CCOC(=O)Oc1c2ccccc2c(OC(=O)OCC/C=C/CC)c2c(CC)cccc12. The Morgan fingerprint density at radius 1 is 0.667 bits per heavy atom. The molecule has 0 aliphatic rings. The fraction of sp³-hybridized carbons (Fsp3) is 0.333. The molecule has 0 saturated carbocycles. The van der Waals surface area contributed by atoms with E-state index in [9.17, 15) is 9.59 Å². The van der Waals surface area contributed by atoms with E-state index in [1.54, 1.807) is 0 Å². The quantitative estimate of drug-likeness (QED) is 0.0885. The van der Waals surface area contributed by atoms with E-state index in [1.807, 2.05) is 87.5 Å². The summed E-state index contributed by atoms with van der Waals surface area (Å²) in [5.74, 6) is 0.757. The molecule has 0 bridgehead atoms. The zero-order valence-electron chi connectivity index (χ0n) is 21.3. The van der Waals surface area contributed by atoms with Crippen LogP contribution in [0.4, 0.5) is 9.59 Å². The Kier molecular flexibility index (Phi) is 10.4. The zero-order valence-corrected chi connectivity index (χ0v) is 21.3. The van der Waals surface area contributed by atoms with Crippen LogP contribution in [0.5, 0.6) is 11.5 Å². The molecule has 0 aromatic heterocycles. The number of aryl methyl sites for hydroxylation is 1. The first kappa shape index (κ1) is 26.8. The highest BCUT2D eigenvalue weighted by Gasteiger charge is 2.22. The lowest BCUT2D eigenvalue weighted by Gasteiger charge is -2.18. The van der Waals surface area contributed by atoms with Gasteiger partial charge < -0.3 is 18.9 Å². The number of benzene rings is 3. The molecule has 0 unspecified atom stereocenters. The van der Waals surface area contributed by atoms with Crippen LogP contribution in [0.1, 0.15) is 52.0 Å². The second kappa shape index (κ2) is 13.9. The zero-order chi connectivity index (χ0) is 25.8. The summed E-state index contributed by atoms with van der Waals surface area (Å²) in [5.41, 5.74) is 0.954. The number of rotatable bonds is 11. The molecule has 0 spiro atoms. The van der Waals surface area contributed by atoms with Crippen molar-refractivity contribution in [3.8, 4) is 11.5 Å². The highest BCUT2D eigenvalue weighted by Crippen LogP contribution is 2.44.